The van der Waals surface area contributed by atoms with Gasteiger partial charge in [-0.05, 0) is 56.5 Å². The third kappa shape index (κ3) is 7.19. The minimum atomic E-state index is -0.641. The zero-order valence-corrected chi connectivity index (χ0v) is 21.0. The molecule has 0 saturated carbocycles. The molecule has 1 N–H and O–H groups in total. The van der Waals surface area contributed by atoms with Gasteiger partial charge >= 0.3 is 0 Å². The standard InChI is InChI=1S/C29H33ClN2O2/c1-21(28(34)31-29(2,3)4)32(20-22-12-11-17-25(30)18-22)27(33)19-26(23-13-7-5-8-14-23)24-15-9-6-10-16-24/h5-18,21,26H,19-20H2,1-4H3,(H,31,34)/t21-/m1/s1. The molecule has 3 aromatic rings. The molecule has 0 heterocycles. The van der Waals surface area contributed by atoms with Crippen LogP contribution in [0.3, 0.4) is 0 Å². The van der Waals surface area contributed by atoms with Gasteiger partial charge in [0.2, 0.25) is 11.8 Å². The number of nitrogens with zero attached hydrogens (tertiary/aromatic N) is 1. The Balaban J connectivity index is 1.93. The van der Waals surface area contributed by atoms with Crippen molar-refractivity contribution in [2.75, 3.05) is 0 Å². The summed E-state index contributed by atoms with van der Waals surface area (Å²) in [6, 6.07) is 26.8. The number of halogens is 1. The summed E-state index contributed by atoms with van der Waals surface area (Å²) < 4.78 is 0. The molecule has 34 heavy (non-hydrogen) atoms. The van der Waals surface area contributed by atoms with E-state index in [2.05, 4.69) is 5.32 Å². The van der Waals surface area contributed by atoms with E-state index in [9.17, 15) is 9.59 Å². The third-order valence-corrected chi connectivity index (χ3v) is 5.93. The van der Waals surface area contributed by atoms with Gasteiger partial charge in [-0.1, -0.05) is 84.4 Å². The lowest BCUT2D eigenvalue weighted by Crippen LogP contribution is -2.52. The van der Waals surface area contributed by atoms with Crippen LogP contribution in [0.15, 0.2) is 84.9 Å². The summed E-state index contributed by atoms with van der Waals surface area (Å²) in [5.74, 6) is -0.386. The van der Waals surface area contributed by atoms with E-state index < -0.39 is 11.6 Å². The van der Waals surface area contributed by atoms with Gasteiger partial charge in [-0.15, -0.1) is 0 Å². The van der Waals surface area contributed by atoms with Crippen LogP contribution in [0.1, 0.15) is 56.7 Å². The van der Waals surface area contributed by atoms with Crippen molar-refractivity contribution in [3.8, 4) is 0 Å². The van der Waals surface area contributed by atoms with Crippen molar-refractivity contribution in [3.05, 3.63) is 107 Å². The minimum Gasteiger partial charge on any atom is -0.350 e. The Morgan fingerprint density at radius 2 is 1.44 bits per heavy atom. The Kier molecular flexibility index (Phi) is 8.51. The second kappa shape index (κ2) is 11.3. The fourth-order valence-electron chi connectivity index (χ4n) is 3.98. The molecule has 0 aliphatic rings. The highest BCUT2D eigenvalue weighted by Gasteiger charge is 2.30. The maximum absolute atomic E-state index is 13.8. The normalized spacial score (nSPS) is 12.3. The molecule has 0 saturated heterocycles. The highest BCUT2D eigenvalue weighted by Crippen LogP contribution is 2.29. The van der Waals surface area contributed by atoms with Crippen molar-refractivity contribution in [1.82, 2.24) is 10.2 Å². The van der Waals surface area contributed by atoms with Gasteiger partial charge in [0.15, 0.2) is 0 Å². The van der Waals surface area contributed by atoms with Crippen LogP contribution in [-0.4, -0.2) is 28.3 Å². The molecular formula is C29H33ClN2O2. The SMILES string of the molecule is C[C@H](C(=O)NC(C)(C)C)N(Cc1cccc(Cl)c1)C(=O)CC(c1ccccc1)c1ccccc1. The average molecular weight is 477 g/mol. The van der Waals surface area contributed by atoms with E-state index in [1.807, 2.05) is 99.6 Å². The van der Waals surface area contributed by atoms with Gasteiger partial charge in [0, 0.05) is 29.4 Å². The molecule has 0 unspecified atom stereocenters. The molecule has 0 fully saturated rings. The first-order chi connectivity index (χ1) is 16.1. The quantitative estimate of drug-likeness (QED) is 0.421. The first-order valence-corrected chi connectivity index (χ1v) is 12.0. The monoisotopic (exact) mass is 476 g/mol. The summed E-state index contributed by atoms with van der Waals surface area (Å²) in [7, 11) is 0. The molecule has 1 atom stereocenters. The van der Waals surface area contributed by atoms with E-state index in [1.165, 1.54) is 0 Å². The summed E-state index contributed by atoms with van der Waals surface area (Å²) in [5.41, 5.74) is 2.62. The maximum atomic E-state index is 13.8. The second-order valence-electron chi connectivity index (χ2n) is 9.64. The van der Waals surface area contributed by atoms with E-state index in [0.29, 0.717) is 11.6 Å². The fraction of sp³-hybridized carbons (Fsp3) is 0.310. The molecule has 3 aromatic carbocycles. The van der Waals surface area contributed by atoms with Crippen LogP contribution < -0.4 is 5.32 Å². The molecular weight excluding hydrogens is 444 g/mol. The summed E-state index contributed by atoms with van der Waals surface area (Å²) in [6.45, 7) is 7.88. The van der Waals surface area contributed by atoms with Crippen molar-refractivity contribution in [3.63, 3.8) is 0 Å². The lowest BCUT2D eigenvalue weighted by atomic mass is 9.88. The zero-order chi connectivity index (χ0) is 24.7. The molecule has 5 heteroatoms. The number of nitrogens with one attached hydrogen (secondary N) is 1. The molecule has 0 spiro atoms. The van der Waals surface area contributed by atoms with E-state index >= 15 is 0 Å². The van der Waals surface area contributed by atoms with Gasteiger partial charge in [-0.25, -0.2) is 0 Å². The van der Waals surface area contributed by atoms with Gasteiger partial charge in [0.1, 0.15) is 6.04 Å². The van der Waals surface area contributed by atoms with Crippen molar-refractivity contribution in [2.45, 2.75) is 58.2 Å². The van der Waals surface area contributed by atoms with E-state index in [1.54, 1.807) is 17.9 Å². The van der Waals surface area contributed by atoms with Crippen molar-refractivity contribution in [2.24, 2.45) is 0 Å². The summed E-state index contributed by atoms with van der Waals surface area (Å²) in [6.07, 6.45) is 0.252. The van der Waals surface area contributed by atoms with Crippen LogP contribution in [0.4, 0.5) is 0 Å². The Morgan fingerprint density at radius 1 is 0.882 bits per heavy atom. The molecule has 0 aromatic heterocycles. The Bertz CT molecular complexity index is 1050. The Hall–Kier alpha value is -3.11. The lowest BCUT2D eigenvalue weighted by Gasteiger charge is -2.32. The molecule has 0 radical (unpaired) electrons. The molecule has 0 aliphatic heterocycles. The van der Waals surface area contributed by atoms with Crippen molar-refractivity contribution in [1.29, 1.82) is 0 Å². The van der Waals surface area contributed by atoms with Gasteiger partial charge in [0.05, 0.1) is 0 Å². The number of carbonyl (C=O) groups excluding carboxylic acids is 2. The van der Waals surface area contributed by atoms with Gasteiger partial charge in [0.25, 0.3) is 0 Å². The predicted molar refractivity (Wildman–Crippen MR) is 139 cm³/mol. The van der Waals surface area contributed by atoms with E-state index in [-0.39, 0.29) is 24.2 Å². The summed E-state index contributed by atoms with van der Waals surface area (Å²) in [4.78, 5) is 28.5. The fourth-order valence-corrected chi connectivity index (χ4v) is 4.19. The predicted octanol–water partition coefficient (Wildman–Crippen LogP) is 6.19. The molecule has 4 nitrogen and oxygen atoms in total. The minimum absolute atomic E-state index is 0.0887. The number of hydrogen-bond acceptors (Lipinski definition) is 2. The smallest absolute Gasteiger partial charge is 0.242 e. The number of rotatable bonds is 8. The van der Waals surface area contributed by atoms with E-state index in [0.717, 1.165) is 16.7 Å². The van der Waals surface area contributed by atoms with Crippen molar-refractivity contribution >= 4 is 23.4 Å². The van der Waals surface area contributed by atoms with E-state index in [4.69, 9.17) is 11.6 Å². The molecule has 3 rings (SSSR count). The largest absolute Gasteiger partial charge is 0.350 e. The first kappa shape index (κ1) is 25.5. The third-order valence-electron chi connectivity index (χ3n) is 5.69. The van der Waals surface area contributed by atoms with Gasteiger partial charge < -0.3 is 10.2 Å². The summed E-state index contributed by atoms with van der Waals surface area (Å²) in [5, 5.41) is 3.61. The molecule has 0 bridgehead atoms. The van der Waals surface area contributed by atoms with Gasteiger partial charge in [-0.3, -0.25) is 9.59 Å². The summed E-state index contributed by atoms with van der Waals surface area (Å²) >= 11 is 6.20. The van der Waals surface area contributed by atoms with Crippen LogP contribution >= 0.6 is 11.6 Å². The molecule has 0 aliphatic carbocycles. The Labute approximate surface area is 207 Å². The van der Waals surface area contributed by atoms with Crippen LogP contribution in [0, 0.1) is 0 Å². The molecule has 178 valence electrons. The second-order valence-corrected chi connectivity index (χ2v) is 10.1. The maximum Gasteiger partial charge on any atom is 0.242 e. The number of benzene rings is 3. The van der Waals surface area contributed by atoms with Crippen LogP contribution in [0.2, 0.25) is 5.02 Å². The molecule has 2 amide bonds. The number of hydrogen-bond donors (Lipinski definition) is 1. The Morgan fingerprint density at radius 3 is 1.94 bits per heavy atom. The zero-order valence-electron chi connectivity index (χ0n) is 20.3. The lowest BCUT2D eigenvalue weighted by molar-refractivity contribution is -0.141. The number of carbonyl (C=O) groups is 2. The topological polar surface area (TPSA) is 49.4 Å². The van der Waals surface area contributed by atoms with Crippen molar-refractivity contribution < 1.29 is 9.59 Å². The average Bonchev–Trinajstić information content (AvgIpc) is 2.80. The highest BCUT2D eigenvalue weighted by molar-refractivity contribution is 6.30. The number of amides is 2. The van der Waals surface area contributed by atoms with Crippen LogP contribution in [-0.2, 0) is 16.1 Å². The van der Waals surface area contributed by atoms with Crippen LogP contribution in [0.25, 0.3) is 0 Å². The van der Waals surface area contributed by atoms with Gasteiger partial charge in [-0.2, -0.15) is 0 Å². The first-order valence-electron chi connectivity index (χ1n) is 11.6. The van der Waals surface area contributed by atoms with Crippen LogP contribution in [0.5, 0.6) is 0 Å². The highest BCUT2D eigenvalue weighted by atomic mass is 35.5.